The fraction of sp³-hybridized carbons (Fsp3) is 0.800. The van der Waals surface area contributed by atoms with Crippen molar-refractivity contribution >= 4 is 15.9 Å². The minimum atomic E-state index is 0.0823. The van der Waals surface area contributed by atoms with Crippen molar-refractivity contribution in [1.29, 1.82) is 0 Å². The molecule has 0 aromatic heterocycles. The summed E-state index contributed by atoms with van der Waals surface area (Å²) in [6.45, 7) is 4.40. The predicted octanol–water partition coefficient (Wildman–Crippen LogP) is 2.90. The molecule has 1 fully saturated rings. The number of ether oxygens (including phenoxy) is 1. The summed E-state index contributed by atoms with van der Waals surface area (Å²) in [7, 11) is 0. The molecule has 0 aromatic rings. The van der Waals surface area contributed by atoms with Gasteiger partial charge in [0.05, 0.1) is 11.7 Å². The molecular formula is C10H15BrO. The van der Waals surface area contributed by atoms with E-state index in [1.807, 2.05) is 0 Å². The van der Waals surface area contributed by atoms with Gasteiger partial charge in [-0.1, -0.05) is 22.0 Å². The van der Waals surface area contributed by atoms with Gasteiger partial charge < -0.3 is 4.74 Å². The Labute approximate surface area is 82.3 Å². The molecule has 0 radical (unpaired) electrons. The highest BCUT2D eigenvalue weighted by Crippen LogP contribution is 2.44. The molecule has 0 N–H and O–H groups in total. The highest BCUT2D eigenvalue weighted by atomic mass is 79.9. The maximum absolute atomic E-state index is 6.02. The van der Waals surface area contributed by atoms with Crippen molar-refractivity contribution in [2.24, 2.45) is 5.92 Å². The highest BCUT2D eigenvalue weighted by Gasteiger charge is 2.45. The van der Waals surface area contributed by atoms with Crippen LogP contribution in [0.3, 0.4) is 0 Å². The lowest BCUT2D eigenvalue weighted by atomic mass is 9.82. The average molecular weight is 231 g/mol. The van der Waals surface area contributed by atoms with E-state index in [4.69, 9.17) is 4.74 Å². The van der Waals surface area contributed by atoms with E-state index in [0.29, 0.717) is 6.10 Å². The number of hydrogen-bond acceptors (Lipinski definition) is 1. The summed E-state index contributed by atoms with van der Waals surface area (Å²) in [6.07, 6.45) is 5.17. The number of rotatable bonds is 1. The van der Waals surface area contributed by atoms with Crippen molar-refractivity contribution in [2.75, 3.05) is 5.33 Å². The predicted molar refractivity (Wildman–Crippen MR) is 53.6 cm³/mol. The van der Waals surface area contributed by atoms with E-state index in [0.717, 1.165) is 11.2 Å². The Morgan fingerprint density at radius 2 is 2.50 bits per heavy atom. The van der Waals surface area contributed by atoms with Crippen LogP contribution >= 0.6 is 15.9 Å². The van der Waals surface area contributed by atoms with E-state index < -0.39 is 0 Å². The molecule has 1 aliphatic carbocycles. The standard InChI is InChI=1S/C10H15BrO/c1-7-3-4-8-5-9(7)12-10(8,2)6-11/h3,8-9H,4-6H2,1-2H3/t8?,9?,10-/m0/s1. The third-order valence-corrected chi connectivity index (χ3v) is 4.38. The van der Waals surface area contributed by atoms with Gasteiger partial charge in [0.1, 0.15) is 0 Å². The summed E-state index contributed by atoms with van der Waals surface area (Å²) in [5, 5.41) is 0.961. The summed E-state index contributed by atoms with van der Waals surface area (Å²) in [6, 6.07) is 0. The molecule has 1 heterocycles. The van der Waals surface area contributed by atoms with Gasteiger partial charge in [0.25, 0.3) is 0 Å². The molecule has 12 heavy (non-hydrogen) atoms. The van der Waals surface area contributed by atoms with Crippen molar-refractivity contribution in [3.8, 4) is 0 Å². The maximum Gasteiger partial charge on any atom is 0.0794 e. The number of alkyl halides is 1. The van der Waals surface area contributed by atoms with Crippen LogP contribution in [0.2, 0.25) is 0 Å². The van der Waals surface area contributed by atoms with Crippen molar-refractivity contribution in [3.63, 3.8) is 0 Å². The van der Waals surface area contributed by atoms with Gasteiger partial charge in [-0.2, -0.15) is 0 Å². The smallest absolute Gasteiger partial charge is 0.0794 e. The number of hydrogen-bond donors (Lipinski definition) is 0. The van der Waals surface area contributed by atoms with Crippen molar-refractivity contribution in [2.45, 2.75) is 38.4 Å². The average Bonchev–Trinajstić information content (AvgIpc) is 2.35. The summed E-state index contributed by atoms with van der Waals surface area (Å²) in [5.74, 6) is 0.727. The molecule has 2 heteroatoms. The Balaban J connectivity index is 2.21. The topological polar surface area (TPSA) is 9.23 Å². The van der Waals surface area contributed by atoms with Gasteiger partial charge in [-0.25, -0.2) is 0 Å². The fourth-order valence-electron chi connectivity index (χ4n) is 2.20. The Morgan fingerprint density at radius 1 is 1.75 bits per heavy atom. The van der Waals surface area contributed by atoms with Crippen molar-refractivity contribution in [3.05, 3.63) is 11.6 Å². The third kappa shape index (κ3) is 1.16. The molecule has 1 nitrogen and oxygen atoms in total. The van der Waals surface area contributed by atoms with Gasteiger partial charge in [-0.3, -0.25) is 0 Å². The zero-order valence-electron chi connectivity index (χ0n) is 7.64. The first-order valence-electron chi connectivity index (χ1n) is 4.56. The molecule has 0 aromatic carbocycles. The van der Waals surface area contributed by atoms with E-state index in [1.165, 1.54) is 18.4 Å². The summed E-state index contributed by atoms with van der Waals surface area (Å²) >= 11 is 3.54. The number of halogens is 1. The van der Waals surface area contributed by atoms with Crippen LogP contribution in [0.5, 0.6) is 0 Å². The van der Waals surface area contributed by atoms with E-state index in [9.17, 15) is 0 Å². The van der Waals surface area contributed by atoms with Gasteiger partial charge in [0.2, 0.25) is 0 Å². The first-order chi connectivity index (χ1) is 5.65. The second-order valence-electron chi connectivity index (χ2n) is 4.17. The SMILES string of the molecule is CC1=CCC2CC1O[C@@]2(C)CBr. The maximum atomic E-state index is 6.02. The lowest BCUT2D eigenvalue weighted by Gasteiger charge is -2.26. The van der Waals surface area contributed by atoms with Crippen LogP contribution in [0.25, 0.3) is 0 Å². The highest BCUT2D eigenvalue weighted by molar-refractivity contribution is 9.09. The van der Waals surface area contributed by atoms with Crippen LogP contribution in [0, 0.1) is 5.92 Å². The fourth-order valence-corrected chi connectivity index (χ4v) is 2.79. The van der Waals surface area contributed by atoms with Gasteiger partial charge in [0.15, 0.2) is 0 Å². The Hall–Kier alpha value is 0.180. The van der Waals surface area contributed by atoms with E-state index in [1.54, 1.807) is 0 Å². The lowest BCUT2D eigenvalue weighted by molar-refractivity contribution is -0.00883. The van der Waals surface area contributed by atoms with Crippen LogP contribution in [-0.4, -0.2) is 17.0 Å². The summed E-state index contributed by atoms with van der Waals surface area (Å²) < 4.78 is 6.02. The molecule has 1 aliphatic heterocycles. The Bertz CT molecular complexity index is 224. The molecule has 0 saturated carbocycles. The molecule has 3 atom stereocenters. The van der Waals surface area contributed by atoms with Gasteiger partial charge in [0, 0.05) is 5.33 Å². The van der Waals surface area contributed by atoms with Crippen molar-refractivity contribution in [1.82, 2.24) is 0 Å². The molecule has 1 saturated heterocycles. The second kappa shape index (κ2) is 2.85. The van der Waals surface area contributed by atoms with Gasteiger partial charge in [-0.15, -0.1) is 0 Å². The molecule has 0 spiro atoms. The molecule has 68 valence electrons. The first-order valence-corrected chi connectivity index (χ1v) is 5.68. The number of allylic oxidation sites excluding steroid dienone is 1. The molecular weight excluding hydrogens is 216 g/mol. The third-order valence-electron chi connectivity index (χ3n) is 3.27. The largest absolute Gasteiger partial charge is 0.367 e. The molecule has 2 aliphatic rings. The molecule has 2 bridgehead atoms. The van der Waals surface area contributed by atoms with Crippen LogP contribution in [0.1, 0.15) is 26.7 Å². The van der Waals surface area contributed by atoms with E-state index >= 15 is 0 Å². The van der Waals surface area contributed by atoms with Gasteiger partial charge >= 0.3 is 0 Å². The molecule has 2 unspecified atom stereocenters. The Morgan fingerprint density at radius 3 is 3.08 bits per heavy atom. The first kappa shape index (κ1) is 8.76. The Kier molecular flexibility index (Phi) is 2.08. The second-order valence-corrected chi connectivity index (χ2v) is 4.73. The minimum Gasteiger partial charge on any atom is -0.367 e. The van der Waals surface area contributed by atoms with Crippen LogP contribution < -0.4 is 0 Å². The van der Waals surface area contributed by atoms with Crippen LogP contribution in [-0.2, 0) is 4.74 Å². The van der Waals surface area contributed by atoms with Gasteiger partial charge in [-0.05, 0) is 38.2 Å². The van der Waals surface area contributed by atoms with E-state index in [2.05, 4.69) is 35.9 Å². The van der Waals surface area contributed by atoms with Crippen LogP contribution in [0.4, 0.5) is 0 Å². The monoisotopic (exact) mass is 230 g/mol. The molecule has 0 amide bonds. The summed E-state index contributed by atoms with van der Waals surface area (Å²) in [5.41, 5.74) is 1.51. The van der Waals surface area contributed by atoms with E-state index in [-0.39, 0.29) is 5.60 Å². The van der Waals surface area contributed by atoms with Crippen LogP contribution in [0.15, 0.2) is 11.6 Å². The quantitative estimate of drug-likeness (QED) is 0.498. The minimum absolute atomic E-state index is 0.0823. The lowest BCUT2D eigenvalue weighted by Crippen LogP contribution is -2.33. The molecule has 2 rings (SSSR count). The zero-order chi connectivity index (χ0) is 8.77. The normalized spacial score (nSPS) is 46.1. The zero-order valence-corrected chi connectivity index (χ0v) is 9.23. The summed E-state index contributed by atoms with van der Waals surface area (Å²) in [4.78, 5) is 0. The number of fused-ring (bicyclic) bond motifs is 2. The van der Waals surface area contributed by atoms with Crippen molar-refractivity contribution < 1.29 is 4.74 Å².